The van der Waals surface area contributed by atoms with Gasteiger partial charge in [-0.3, -0.25) is 9.59 Å². The van der Waals surface area contributed by atoms with Gasteiger partial charge < -0.3 is 10.1 Å². The summed E-state index contributed by atoms with van der Waals surface area (Å²) in [6, 6.07) is 14.6. The van der Waals surface area contributed by atoms with Crippen LogP contribution in [0.1, 0.15) is 54.5 Å². The highest BCUT2D eigenvalue weighted by Crippen LogP contribution is 2.30. The van der Waals surface area contributed by atoms with Crippen molar-refractivity contribution in [3.05, 3.63) is 64.7 Å². The molecule has 0 unspecified atom stereocenters. The number of carbonyl (C=O) groups is 2. The van der Waals surface area contributed by atoms with Crippen LogP contribution in [-0.2, 0) is 33.6 Å². The van der Waals surface area contributed by atoms with E-state index in [-0.39, 0.29) is 23.7 Å². The Kier molecular flexibility index (Phi) is 6.24. The Morgan fingerprint density at radius 1 is 1.07 bits per heavy atom. The van der Waals surface area contributed by atoms with E-state index in [0.717, 1.165) is 37.0 Å². The largest absolute Gasteiger partial charge is 0.452 e. The predicted octanol–water partition coefficient (Wildman–Crippen LogP) is 4.39. The van der Waals surface area contributed by atoms with Gasteiger partial charge in [-0.15, -0.1) is 11.8 Å². The molecule has 152 valence electrons. The first-order valence-electron chi connectivity index (χ1n) is 10.4. The SMILES string of the molecule is C[C@@H](OC(=O)CSc1ccc2c(c1)CCC2)C(=O)N[C@H]1CCCc2ccccc21. The first-order chi connectivity index (χ1) is 14.1. The highest BCUT2D eigenvalue weighted by Gasteiger charge is 2.25. The third kappa shape index (κ3) is 4.84. The fourth-order valence-electron chi connectivity index (χ4n) is 4.26. The lowest BCUT2D eigenvalue weighted by Crippen LogP contribution is -2.39. The van der Waals surface area contributed by atoms with Crippen molar-refractivity contribution in [3.8, 4) is 0 Å². The summed E-state index contributed by atoms with van der Waals surface area (Å²) in [5.41, 5.74) is 5.28. The molecule has 0 heterocycles. The predicted molar refractivity (Wildman–Crippen MR) is 115 cm³/mol. The number of esters is 1. The lowest BCUT2D eigenvalue weighted by atomic mass is 9.87. The van der Waals surface area contributed by atoms with Crippen LogP contribution in [0.15, 0.2) is 47.4 Å². The summed E-state index contributed by atoms with van der Waals surface area (Å²) >= 11 is 1.47. The maximum atomic E-state index is 12.6. The monoisotopic (exact) mass is 409 g/mol. The van der Waals surface area contributed by atoms with E-state index >= 15 is 0 Å². The van der Waals surface area contributed by atoms with Gasteiger partial charge in [0.1, 0.15) is 0 Å². The van der Waals surface area contributed by atoms with Crippen LogP contribution in [0.25, 0.3) is 0 Å². The first kappa shape index (κ1) is 20.0. The number of rotatable bonds is 6. The van der Waals surface area contributed by atoms with Crippen LogP contribution in [0, 0.1) is 0 Å². The van der Waals surface area contributed by atoms with Gasteiger partial charge in [-0.05, 0) is 79.8 Å². The summed E-state index contributed by atoms with van der Waals surface area (Å²) in [7, 11) is 0. The first-order valence-corrected chi connectivity index (χ1v) is 11.4. The molecule has 29 heavy (non-hydrogen) atoms. The summed E-state index contributed by atoms with van der Waals surface area (Å²) in [6.07, 6.45) is 5.70. The number of benzene rings is 2. The number of fused-ring (bicyclic) bond motifs is 2. The fraction of sp³-hybridized carbons (Fsp3) is 0.417. The number of aryl methyl sites for hydroxylation is 3. The van der Waals surface area contributed by atoms with E-state index < -0.39 is 6.10 Å². The van der Waals surface area contributed by atoms with E-state index in [9.17, 15) is 9.59 Å². The highest BCUT2D eigenvalue weighted by atomic mass is 32.2. The van der Waals surface area contributed by atoms with Crippen LogP contribution in [0.2, 0.25) is 0 Å². The number of thioether (sulfide) groups is 1. The molecule has 0 saturated carbocycles. The quantitative estimate of drug-likeness (QED) is 0.568. The molecule has 0 aliphatic heterocycles. The van der Waals surface area contributed by atoms with Crippen molar-refractivity contribution in [2.75, 3.05) is 5.75 Å². The van der Waals surface area contributed by atoms with E-state index in [2.05, 4.69) is 35.6 Å². The fourth-order valence-corrected chi connectivity index (χ4v) is 5.00. The molecule has 2 aromatic carbocycles. The van der Waals surface area contributed by atoms with Crippen LogP contribution in [0.4, 0.5) is 0 Å². The Morgan fingerprint density at radius 3 is 2.76 bits per heavy atom. The topological polar surface area (TPSA) is 55.4 Å². The molecule has 2 atom stereocenters. The Morgan fingerprint density at radius 2 is 1.86 bits per heavy atom. The summed E-state index contributed by atoms with van der Waals surface area (Å²) in [5.74, 6) is -0.382. The van der Waals surface area contributed by atoms with Crippen molar-refractivity contribution in [3.63, 3.8) is 0 Å². The lowest BCUT2D eigenvalue weighted by Gasteiger charge is -2.27. The summed E-state index contributed by atoms with van der Waals surface area (Å²) in [6.45, 7) is 1.64. The van der Waals surface area contributed by atoms with Gasteiger partial charge in [-0.1, -0.05) is 30.3 Å². The maximum absolute atomic E-state index is 12.6. The minimum atomic E-state index is -0.794. The molecule has 2 aliphatic carbocycles. The zero-order valence-electron chi connectivity index (χ0n) is 16.8. The molecule has 4 rings (SSSR count). The molecular formula is C24H27NO3S. The minimum Gasteiger partial charge on any atom is -0.452 e. The molecule has 0 saturated heterocycles. The summed E-state index contributed by atoms with van der Waals surface area (Å²) in [5, 5.41) is 3.06. The Labute approximate surface area is 176 Å². The van der Waals surface area contributed by atoms with E-state index in [0.29, 0.717) is 0 Å². The molecule has 4 nitrogen and oxygen atoms in total. The van der Waals surface area contributed by atoms with Gasteiger partial charge in [0.15, 0.2) is 6.10 Å². The van der Waals surface area contributed by atoms with Crippen molar-refractivity contribution in [2.45, 2.75) is 62.5 Å². The Bertz CT molecular complexity index is 911. The zero-order valence-corrected chi connectivity index (χ0v) is 17.6. The maximum Gasteiger partial charge on any atom is 0.317 e. The molecule has 1 N–H and O–H groups in total. The smallest absolute Gasteiger partial charge is 0.317 e. The van der Waals surface area contributed by atoms with E-state index in [4.69, 9.17) is 4.74 Å². The second-order valence-corrected chi connectivity index (χ2v) is 8.91. The third-order valence-corrected chi connectivity index (χ3v) is 6.76. The number of ether oxygens (including phenoxy) is 1. The number of amides is 1. The average molecular weight is 410 g/mol. The molecule has 0 bridgehead atoms. The van der Waals surface area contributed by atoms with E-state index in [1.54, 1.807) is 6.92 Å². The molecule has 2 aliphatic rings. The number of hydrogen-bond acceptors (Lipinski definition) is 4. The molecule has 5 heteroatoms. The van der Waals surface area contributed by atoms with Crippen LogP contribution >= 0.6 is 11.8 Å². The average Bonchev–Trinajstić information content (AvgIpc) is 3.20. The minimum absolute atomic E-state index is 0.00519. The standard InChI is InChI=1S/C24H27NO3S/c1-16(24(27)25-22-11-5-8-18-6-2-3-10-21(18)22)28-23(26)15-29-20-13-12-17-7-4-9-19(17)14-20/h2-3,6,10,12-14,16,22H,4-5,7-9,11,15H2,1H3,(H,25,27)/t16-,22+/m1/s1. The summed E-state index contributed by atoms with van der Waals surface area (Å²) < 4.78 is 5.38. The van der Waals surface area contributed by atoms with Crippen molar-refractivity contribution < 1.29 is 14.3 Å². The van der Waals surface area contributed by atoms with Gasteiger partial charge in [0.2, 0.25) is 0 Å². The van der Waals surface area contributed by atoms with Gasteiger partial charge in [0, 0.05) is 4.90 Å². The highest BCUT2D eigenvalue weighted by molar-refractivity contribution is 8.00. The third-order valence-electron chi connectivity index (χ3n) is 5.79. The van der Waals surface area contributed by atoms with E-state index in [1.807, 2.05) is 12.1 Å². The lowest BCUT2D eigenvalue weighted by molar-refractivity contribution is -0.152. The zero-order chi connectivity index (χ0) is 20.2. The van der Waals surface area contributed by atoms with Crippen molar-refractivity contribution >= 4 is 23.6 Å². The van der Waals surface area contributed by atoms with Crippen molar-refractivity contribution in [2.24, 2.45) is 0 Å². The molecule has 0 fully saturated rings. The van der Waals surface area contributed by atoms with Crippen molar-refractivity contribution in [1.29, 1.82) is 0 Å². The number of nitrogens with one attached hydrogen (secondary N) is 1. The Hall–Kier alpha value is -2.27. The van der Waals surface area contributed by atoms with E-state index in [1.165, 1.54) is 40.4 Å². The van der Waals surface area contributed by atoms with Gasteiger partial charge in [-0.2, -0.15) is 0 Å². The molecule has 0 spiro atoms. The van der Waals surface area contributed by atoms with Gasteiger partial charge >= 0.3 is 5.97 Å². The second-order valence-electron chi connectivity index (χ2n) is 7.86. The number of carbonyl (C=O) groups excluding carboxylic acids is 2. The van der Waals surface area contributed by atoms with Crippen LogP contribution < -0.4 is 5.32 Å². The van der Waals surface area contributed by atoms with Crippen LogP contribution in [0.5, 0.6) is 0 Å². The molecule has 0 aromatic heterocycles. The Balaban J connectivity index is 1.27. The normalized spacial score (nSPS) is 18.4. The van der Waals surface area contributed by atoms with Gasteiger partial charge in [0.05, 0.1) is 11.8 Å². The number of hydrogen-bond donors (Lipinski definition) is 1. The molecule has 2 aromatic rings. The molecule has 1 amide bonds. The van der Waals surface area contributed by atoms with Crippen LogP contribution in [-0.4, -0.2) is 23.7 Å². The van der Waals surface area contributed by atoms with Gasteiger partial charge in [-0.25, -0.2) is 0 Å². The van der Waals surface area contributed by atoms with Gasteiger partial charge in [0.25, 0.3) is 5.91 Å². The van der Waals surface area contributed by atoms with Crippen molar-refractivity contribution in [1.82, 2.24) is 5.32 Å². The van der Waals surface area contributed by atoms with Crippen LogP contribution in [0.3, 0.4) is 0 Å². The summed E-state index contributed by atoms with van der Waals surface area (Å²) in [4.78, 5) is 25.9. The second kappa shape index (κ2) is 9.04. The molecular weight excluding hydrogens is 382 g/mol. The molecule has 0 radical (unpaired) electrons.